The number of rotatable bonds is 6. The molecule has 2 aromatic rings. The number of piperidine rings is 1. The fourth-order valence-corrected chi connectivity index (χ4v) is 3.55. The molecule has 0 radical (unpaired) electrons. The van der Waals surface area contributed by atoms with Gasteiger partial charge in [-0.25, -0.2) is 4.39 Å². The highest BCUT2D eigenvalue weighted by Crippen LogP contribution is 2.28. The summed E-state index contributed by atoms with van der Waals surface area (Å²) in [6.07, 6.45) is 1.45. The topological polar surface area (TPSA) is 44.4 Å². The molecule has 144 valence electrons. The Morgan fingerprint density at radius 2 is 1.70 bits per heavy atom. The average molecular weight is 369 g/mol. The van der Waals surface area contributed by atoms with Gasteiger partial charge in [-0.05, 0) is 56.5 Å². The zero-order valence-electron chi connectivity index (χ0n) is 16.0. The molecule has 1 heterocycles. The van der Waals surface area contributed by atoms with E-state index in [9.17, 15) is 9.18 Å². The van der Waals surface area contributed by atoms with Gasteiger partial charge in [-0.2, -0.15) is 0 Å². The molecule has 0 saturated carbocycles. The van der Waals surface area contributed by atoms with Crippen LogP contribution in [0.4, 0.5) is 10.1 Å². The molecule has 0 bridgehead atoms. The highest BCUT2D eigenvalue weighted by molar-refractivity contribution is 5.89. The Balaban J connectivity index is 1.69. The van der Waals surface area contributed by atoms with E-state index in [0.717, 1.165) is 43.7 Å². The quantitative estimate of drug-likeness (QED) is 0.814. The molecule has 0 unspecified atom stereocenters. The van der Waals surface area contributed by atoms with Gasteiger partial charge in [-0.3, -0.25) is 9.69 Å². The van der Waals surface area contributed by atoms with Gasteiger partial charge in [0.15, 0.2) is 0 Å². The van der Waals surface area contributed by atoms with Crippen molar-refractivity contribution in [2.24, 2.45) is 0 Å². The first kappa shape index (κ1) is 19.4. The van der Waals surface area contributed by atoms with Gasteiger partial charge in [0.2, 0.25) is 5.91 Å². The molecule has 1 aliphatic heterocycles. The highest BCUT2D eigenvalue weighted by Gasteiger charge is 2.41. The summed E-state index contributed by atoms with van der Waals surface area (Å²) in [7, 11) is 0. The van der Waals surface area contributed by atoms with Crippen molar-refractivity contribution in [1.82, 2.24) is 10.2 Å². The molecule has 0 aliphatic carbocycles. The van der Waals surface area contributed by atoms with E-state index in [2.05, 4.69) is 15.5 Å². The summed E-state index contributed by atoms with van der Waals surface area (Å²) in [5.41, 5.74) is 1.44. The predicted molar refractivity (Wildman–Crippen MR) is 107 cm³/mol. The summed E-state index contributed by atoms with van der Waals surface area (Å²) in [5, 5.41) is 6.59. The summed E-state index contributed by atoms with van der Waals surface area (Å²) < 4.78 is 13.1. The first-order valence-electron chi connectivity index (χ1n) is 9.58. The Labute approximate surface area is 160 Å². The monoisotopic (exact) mass is 369 g/mol. The number of hydrogen-bond acceptors (Lipinski definition) is 3. The Morgan fingerprint density at radius 3 is 2.30 bits per heavy atom. The van der Waals surface area contributed by atoms with Crippen molar-refractivity contribution in [3.05, 3.63) is 66.0 Å². The second-order valence-corrected chi connectivity index (χ2v) is 7.60. The molecule has 2 N–H and O–H groups in total. The number of carbonyl (C=O) groups is 1. The number of amides is 1. The second kappa shape index (κ2) is 8.53. The van der Waals surface area contributed by atoms with E-state index in [4.69, 9.17) is 0 Å². The van der Waals surface area contributed by atoms with E-state index in [-0.39, 0.29) is 17.8 Å². The second-order valence-electron chi connectivity index (χ2n) is 7.60. The van der Waals surface area contributed by atoms with E-state index >= 15 is 0 Å². The number of hydrogen-bond donors (Lipinski definition) is 2. The maximum Gasteiger partial charge on any atom is 0.245 e. The lowest BCUT2D eigenvalue weighted by Gasteiger charge is -2.42. The van der Waals surface area contributed by atoms with Gasteiger partial charge in [-0.15, -0.1) is 0 Å². The van der Waals surface area contributed by atoms with Crippen LogP contribution in [0, 0.1) is 5.82 Å². The van der Waals surface area contributed by atoms with Crippen LogP contribution in [-0.4, -0.2) is 35.5 Å². The van der Waals surface area contributed by atoms with Crippen LogP contribution in [0.1, 0.15) is 32.3 Å². The van der Waals surface area contributed by atoms with E-state index in [0.29, 0.717) is 0 Å². The minimum absolute atomic E-state index is 0.0581. The Bertz CT molecular complexity index is 738. The standard InChI is InChI=1S/C22H28FN3O/c1-17(2)24-21(27)22(25-20-6-4-3-5-7-20)12-14-26(15-13-22)16-18-8-10-19(23)11-9-18/h3-11,17,25H,12-16H2,1-2H3,(H,24,27). The SMILES string of the molecule is CC(C)NC(=O)C1(Nc2ccccc2)CCN(Cc2ccc(F)cc2)CC1. The summed E-state index contributed by atoms with van der Waals surface area (Å²) in [6, 6.07) is 16.6. The first-order chi connectivity index (χ1) is 13.0. The van der Waals surface area contributed by atoms with Gasteiger partial charge in [0.25, 0.3) is 0 Å². The summed E-state index contributed by atoms with van der Waals surface area (Å²) in [4.78, 5) is 15.3. The fourth-order valence-electron chi connectivity index (χ4n) is 3.55. The molecule has 1 saturated heterocycles. The van der Waals surface area contributed by atoms with Crippen molar-refractivity contribution in [2.45, 2.75) is 44.8 Å². The lowest BCUT2D eigenvalue weighted by Crippen LogP contribution is -2.59. The number of halogens is 1. The third-order valence-electron chi connectivity index (χ3n) is 5.04. The third kappa shape index (κ3) is 5.07. The molecule has 27 heavy (non-hydrogen) atoms. The van der Waals surface area contributed by atoms with Crippen molar-refractivity contribution in [1.29, 1.82) is 0 Å². The molecule has 3 rings (SSSR count). The Morgan fingerprint density at radius 1 is 1.07 bits per heavy atom. The maximum atomic E-state index is 13.1. The zero-order valence-corrected chi connectivity index (χ0v) is 16.0. The van der Waals surface area contributed by atoms with Crippen LogP contribution in [0.15, 0.2) is 54.6 Å². The van der Waals surface area contributed by atoms with Crippen molar-refractivity contribution in [3.8, 4) is 0 Å². The fraction of sp³-hybridized carbons (Fsp3) is 0.409. The van der Waals surface area contributed by atoms with Crippen molar-refractivity contribution in [3.63, 3.8) is 0 Å². The van der Waals surface area contributed by atoms with Gasteiger partial charge in [0.1, 0.15) is 11.4 Å². The Kier molecular flexibility index (Phi) is 6.11. The number of carbonyl (C=O) groups excluding carboxylic acids is 1. The molecule has 2 aromatic carbocycles. The van der Waals surface area contributed by atoms with Gasteiger partial charge in [0.05, 0.1) is 0 Å². The number of nitrogens with zero attached hydrogens (tertiary/aromatic N) is 1. The lowest BCUT2D eigenvalue weighted by molar-refractivity contribution is -0.127. The summed E-state index contributed by atoms with van der Waals surface area (Å²) >= 11 is 0. The molecular formula is C22H28FN3O. The predicted octanol–water partition coefficient (Wildman–Crippen LogP) is 3.80. The van der Waals surface area contributed by atoms with Gasteiger partial charge < -0.3 is 10.6 Å². The molecule has 5 heteroatoms. The minimum Gasteiger partial charge on any atom is -0.371 e. The molecule has 0 atom stereocenters. The van der Waals surface area contributed by atoms with Crippen molar-refractivity contribution in [2.75, 3.05) is 18.4 Å². The minimum atomic E-state index is -0.606. The number of nitrogens with one attached hydrogen (secondary N) is 2. The molecule has 1 fully saturated rings. The number of likely N-dealkylation sites (tertiary alicyclic amines) is 1. The molecule has 1 aliphatic rings. The van der Waals surface area contributed by atoms with Crippen LogP contribution in [0.3, 0.4) is 0 Å². The van der Waals surface area contributed by atoms with Gasteiger partial charge >= 0.3 is 0 Å². The van der Waals surface area contributed by atoms with Crippen LogP contribution in [-0.2, 0) is 11.3 Å². The van der Waals surface area contributed by atoms with Crippen LogP contribution in [0.25, 0.3) is 0 Å². The van der Waals surface area contributed by atoms with E-state index < -0.39 is 5.54 Å². The normalized spacial score (nSPS) is 16.9. The lowest BCUT2D eigenvalue weighted by atomic mass is 9.85. The largest absolute Gasteiger partial charge is 0.371 e. The number of para-hydroxylation sites is 1. The molecule has 0 spiro atoms. The van der Waals surface area contributed by atoms with E-state index in [1.807, 2.05) is 56.3 Å². The molecule has 1 amide bonds. The zero-order chi connectivity index (χ0) is 19.3. The van der Waals surface area contributed by atoms with Crippen molar-refractivity contribution < 1.29 is 9.18 Å². The van der Waals surface area contributed by atoms with Gasteiger partial charge in [0, 0.05) is 31.4 Å². The van der Waals surface area contributed by atoms with Crippen LogP contribution in [0.5, 0.6) is 0 Å². The number of benzene rings is 2. The van der Waals surface area contributed by atoms with Crippen LogP contribution in [0.2, 0.25) is 0 Å². The maximum absolute atomic E-state index is 13.1. The summed E-state index contributed by atoms with van der Waals surface area (Å²) in [5.74, 6) is -0.156. The molecular weight excluding hydrogens is 341 g/mol. The van der Waals surface area contributed by atoms with Crippen LogP contribution < -0.4 is 10.6 Å². The first-order valence-corrected chi connectivity index (χ1v) is 9.58. The van der Waals surface area contributed by atoms with Crippen molar-refractivity contribution >= 4 is 11.6 Å². The van der Waals surface area contributed by atoms with Gasteiger partial charge in [-0.1, -0.05) is 30.3 Å². The average Bonchev–Trinajstić information content (AvgIpc) is 2.65. The van der Waals surface area contributed by atoms with Crippen LogP contribution >= 0.6 is 0 Å². The molecule has 0 aromatic heterocycles. The van der Waals surface area contributed by atoms with E-state index in [1.54, 1.807) is 0 Å². The third-order valence-corrected chi connectivity index (χ3v) is 5.04. The Hall–Kier alpha value is -2.40. The molecule has 4 nitrogen and oxygen atoms in total. The summed E-state index contributed by atoms with van der Waals surface area (Å²) in [6.45, 7) is 6.36. The smallest absolute Gasteiger partial charge is 0.245 e. The number of anilines is 1. The van der Waals surface area contributed by atoms with E-state index in [1.165, 1.54) is 12.1 Å². The highest BCUT2D eigenvalue weighted by atomic mass is 19.1.